The Bertz CT molecular complexity index is 1310. The number of aromatic carboxylic acids is 1. The van der Waals surface area contributed by atoms with Gasteiger partial charge in [0.2, 0.25) is 0 Å². The van der Waals surface area contributed by atoms with Gasteiger partial charge in [-0.25, -0.2) is 23.1 Å². The molecule has 0 spiro atoms. The number of anilines is 1. The van der Waals surface area contributed by atoms with Crippen molar-refractivity contribution in [1.29, 1.82) is 0 Å². The summed E-state index contributed by atoms with van der Waals surface area (Å²) in [7, 11) is 0. The van der Waals surface area contributed by atoms with Crippen molar-refractivity contribution < 1.29 is 32.2 Å². The predicted molar refractivity (Wildman–Crippen MR) is 115 cm³/mol. The summed E-state index contributed by atoms with van der Waals surface area (Å²) in [5, 5.41) is 11.9. The van der Waals surface area contributed by atoms with Gasteiger partial charge in [-0.2, -0.15) is 8.78 Å². The maximum atomic E-state index is 14.5. The number of rotatable bonds is 6. The Hall–Kier alpha value is -3.47. The van der Waals surface area contributed by atoms with E-state index < -0.39 is 41.7 Å². The van der Waals surface area contributed by atoms with Gasteiger partial charge in [0.15, 0.2) is 0 Å². The summed E-state index contributed by atoms with van der Waals surface area (Å²) >= 11 is 0. The third kappa shape index (κ3) is 4.47. The van der Waals surface area contributed by atoms with Crippen LogP contribution in [0.25, 0.3) is 10.9 Å². The molecule has 0 saturated carbocycles. The lowest BCUT2D eigenvalue weighted by Gasteiger charge is -2.25. The van der Waals surface area contributed by atoms with Crippen LogP contribution in [0.5, 0.6) is 0 Å². The van der Waals surface area contributed by atoms with E-state index in [4.69, 9.17) is 4.74 Å². The van der Waals surface area contributed by atoms with Gasteiger partial charge in [-0.15, -0.1) is 0 Å². The number of carboxylic acid groups (broad SMARTS) is 1. The van der Waals surface area contributed by atoms with Gasteiger partial charge in [0.25, 0.3) is 5.56 Å². The van der Waals surface area contributed by atoms with Gasteiger partial charge in [0.05, 0.1) is 28.2 Å². The molecule has 2 heterocycles. The first-order chi connectivity index (χ1) is 16.2. The van der Waals surface area contributed by atoms with Crippen LogP contribution in [0.4, 0.5) is 23.2 Å². The van der Waals surface area contributed by atoms with E-state index in [0.717, 1.165) is 30.3 Å². The number of aromatic nitrogens is 2. The van der Waals surface area contributed by atoms with Crippen molar-refractivity contribution in [2.75, 3.05) is 18.5 Å². The number of alkyl halides is 2. The van der Waals surface area contributed by atoms with Gasteiger partial charge in [-0.1, -0.05) is 0 Å². The van der Waals surface area contributed by atoms with Crippen molar-refractivity contribution in [1.82, 2.24) is 9.55 Å². The number of ether oxygens (including phenoxy) is 1. The van der Waals surface area contributed by atoms with Gasteiger partial charge in [0.1, 0.15) is 17.5 Å². The maximum Gasteiger partial charge on any atom is 0.337 e. The quantitative estimate of drug-likeness (QED) is 0.492. The van der Waals surface area contributed by atoms with E-state index in [-0.39, 0.29) is 38.1 Å². The normalized spacial score (nSPS) is 15.6. The van der Waals surface area contributed by atoms with Crippen LogP contribution in [0.3, 0.4) is 0 Å². The highest BCUT2D eigenvalue weighted by Crippen LogP contribution is 2.32. The summed E-state index contributed by atoms with van der Waals surface area (Å²) in [6.45, 7) is -0.977. The molecule has 0 bridgehead atoms. The first-order valence-corrected chi connectivity index (χ1v) is 10.6. The zero-order chi connectivity index (χ0) is 24.6. The summed E-state index contributed by atoms with van der Waals surface area (Å²) in [5.41, 5.74) is -1.21. The molecule has 0 radical (unpaired) electrons. The van der Waals surface area contributed by atoms with Gasteiger partial charge in [-0.05, 0) is 50.1 Å². The van der Waals surface area contributed by atoms with E-state index in [1.165, 1.54) is 0 Å². The molecular formula is C23H21F4N3O4. The van der Waals surface area contributed by atoms with Crippen molar-refractivity contribution in [2.45, 2.75) is 38.3 Å². The van der Waals surface area contributed by atoms with Crippen LogP contribution in [-0.4, -0.2) is 33.8 Å². The summed E-state index contributed by atoms with van der Waals surface area (Å²) in [5.74, 6) is -3.43. The molecule has 1 aliphatic rings. The molecule has 1 fully saturated rings. The summed E-state index contributed by atoms with van der Waals surface area (Å²) in [6, 6.07) is 4.14. The first-order valence-electron chi connectivity index (χ1n) is 10.6. The number of benzene rings is 2. The third-order valence-corrected chi connectivity index (χ3v) is 5.86. The molecule has 2 aromatic carbocycles. The second-order valence-electron chi connectivity index (χ2n) is 8.06. The average Bonchev–Trinajstić information content (AvgIpc) is 2.79. The minimum Gasteiger partial charge on any atom is -0.478 e. The average molecular weight is 479 g/mol. The molecule has 1 atom stereocenters. The molecule has 3 aromatic rings. The number of hydrogen-bond donors (Lipinski definition) is 2. The van der Waals surface area contributed by atoms with Gasteiger partial charge < -0.3 is 15.2 Å². The minimum absolute atomic E-state index is 0.0121. The number of nitrogens with zero attached hydrogens (tertiary/aromatic N) is 2. The molecule has 7 nitrogen and oxygen atoms in total. The molecule has 1 aliphatic heterocycles. The van der Waals surface area contributed by atoms with Gasteiger partial charge in [0, 0.05) is 24.7 Å². The SMILES string of the molecule is C[C@@H](Nc1cc(F)ccc1C(=O)O)c1cc(F)cc2c(=O)n(C(F)F)c(C3CCOCC3)nc12. The Morgan fingerprint density at radius 2 is 1.88 bits per heavy atom. The molecule has 0 aliphatic carbocycles. The van der Waals surface area contributed by atoms with Crippen molar-refractivity contribution in [3.63, 3.8) is 0 Å². The molecule has 1 saturated heterocycles. The zero-order valence-corrected chi connectivity index (χ0v) is 18.0. The van der Waals surface area contributed by atoms with Crippen LogP contribution in [0.15, 0.2) is 35.1 Å². The number of fused-ring (bicyclic) bond motifs is 1. The third-order valence-electron chi connectivity index (χ3n) is 5.86. The molecular weight excluding hydrogens is 458 g/mol. The van der Waals surface area contributed by atoms with Crippen LogP contribution < -0.4 is 10.9 Å². The largest absolute Gasteiger partial charge is 0.478 e. The maximum absolute atomic E-state index is 14.5. The molecule has 11 heteroatoms. The lowest BCUT2D eigenvalue weighted by molar-refractivity contribution is 0.0502. The van der Waals surface area contributed by atoms with Crippen LogP contribution >= 0.6 is 0 Å². The second kappa shape index (κ2) is 9.41. The molecule has 1 aromatic heterocycles. The number of carboxylic acids is 1. The Labute approximate surface area is 191 Å². The topological polar surface area (TPSA) is 93.5 Å². The Balaban J connectivity index is 1.88. The van der Waals surface area contributed by atoms with Crippen molar-refractivity contribution in [3.05, 3.63) is 69.3 Å². The number of nitrogens with one attached hydrogen (secondary N) is 1. The highest BCUT2D eigenvalue weighted by atomic mass is 19.3. The van der Waals surface area contributed by atoms with E-state index in [1.807, 2.05) is 0 Å². The number of halogens is 4. The fourth-order valence-electron chi connectivity index (χ4n) is 4.21. The molecule has 0 amide bonds. The molecule has 0 unspecified atom stereocenters. The summed E-state index contributed by atoms with van der Waals surface area (Å²) < 4.78 is 61.6. The number of carbonyl (C=O) groups is 1. The summed E-state index contributed by atoms with van der Waals surface area (Å²) in [6.07, 6.45) is 0.778. The fraction of sp³-hybridized carbons (Fsp3) is 0.348. The Morgan fingerprint density at radius 1 is 1.18 bits per heavy atom. The Kier molecular flexibility index (Phi) is 6.56. The van der Waals surface area contributed by atoms with E-state index in [0.29, 0.717) is 26.1 Å². The van der Waals surface area contributed by atoms with Crippen molar-refractivity contribution >= 4 is 22.6 Å². The number of hydrogen-bond acceptors (Lipinski definition) is 5. The molecule has 34 heavy (non-hydrogen) atoms. The lowest BCUT2D eigenvalue weighted by atomic mass is 9.97. The molecule has 2 N–H and O–H groups in total. The highest BCUT2D eigenvalue weighted by Gasteiger charge is 2.28. The van der Waals surface area contributed by atoms with Crippen LogP contribution in [0, 0.1) is 11.6 Å². The van der Waals surface area contributed by atoms with Gasteiger partial charge in [-0.3, -0.25) is 4.79 Å². The van der Waals surface area contributed by atoms with Crippen molar-refractivity contribution in [2.24, 2.45) is 0 Å². The summed E-state index contributed by atoms with van der Waals surface area (Å²) in [4.78, 5) is 28.9. The minimum atomic E-state index is -3.17. The van der Waals surface area contributed by atoms with Crippen LogP contribution in [0.2, 0.25) is 0 Å². The molecule has 4 rings (SSSR count). The van der Waals surface area contributed by atoms with E-state index in [1.54, 1.807) is 6.92 Å². The highest BCUT2D eigenvalue weighted by molar-refractivity contribution is 5.94. The van der Waals surface area contributed by atoms with E-state index in [9.17, 15) is 32.3 Å². The first kappa shape index (κ1) is 23.7. The van der Waals surface area contributed by atoms with E-state index in [2.05, 4.69) is 10.3 Å². The van der Waals surface area contributed by atoms with Crippen LogP contribution in [-0.2, 0) is 4.74 Å². The van der Waals surface area contributed by atoms with Crippen LogP contribution in [0.1, 0.15) is 60.0 Å². The predicted octanol–water partition coefficient (Wildman–Crippen LogP) is 4.84. The van der Waals surface area contributed by atoms with Crippen molar-refractivity contribution in [3.8, 4) is 0 Å². The monoisotopic (exact) mass is 479 g/mol. The zero-order valence-electron chi connectivity index (χ0n) is 18.0. The molecule has 180 valence electrons. The fourth-order valence-corrected chi connectivity index (χ4v) is 4.21. The van der Waals surface area contributed by atoms with E-state index >= 15 is 0 Å². The second-order valence-corrected chi connectivity index (χ2v) is 8.06. The standard InChI is InChI=1S/C23H21F4N3O4/c1-11(28-18-10-13(24)2-3-15(18)22(32)33)16-8-14(25)9-17-19(16)29-20(12-4-6-34-7-5-12)30(21(17)31)23(26)27/h2-3,8-12,23,28H,4-7H2,1H3,(H,32,33)/t11-/m1/s1. The smallest absolute Gasteiger partial charge is 0.337 e. The Morgan fingerprint density at radius 3 is 2.53 bits per heavy atom. The van der Waals surface area contributed by atoms with Gasteiger partial charge >= 0.3 is 12.5 Å². The lowest BCUT2D eigenvalue weighted by Crippen LogP contribution is -2.30.